The lowest BCUT2D eigenvalue weighted by Gasteiger charge is -2.35. The van der Waals surface area contributed by atoms with E-state index in [0.29, 0.717) is 52.7 Å². The van der Waals surface area contributed by atoms with Gasteiger partial charge in [0.2, 0.25) is 5.75 Å². The highest BCUT2D eigenvalue weighted by Gasteiger charge is 2.41. The highest BCUT2D eigenvalue weighted by molar-refractivity contribution is 7.99. The summed E-state index contributed by atoms with van der Waals surface area (Å²) in [7, 11) is 4.62. The van der Waals surface area contributed by atoms with Gasteiger partial charge in [-0.3, -0.25) is 4.79 Å². The summed E-state index contributed by atoms with van der Waals surface area (Å²) in [5, 5.41) is 3.31. The first kappa shape index (κ1) is 24.0. The lowest BCUT2D eigenvalue weighted by atomic mass is 9.75. The van der Waals surface area contributed by atoms with Crippen LogP contribution in [0.4, 0.5) is 0 Å². The van der Waals surface area contributed by atoms with Crippen molar-refractivity contribution in [3.8, 4) is 17.2 Å². The number of thioether (sulfide) groups is 1. The highest BCUT2D eigenvalue weighted by atomic mass is 32.2. The first-order valence-corrected chi connectivity index (χ1v) is 11.9. The van der Waals surface area contributed by atoms with Gasteiger partial charge in [-0.05, 0) is 31.6 Å². The zero-order chi connectivity index (χ0) is 23.3. The number of Topliss-reactive ketones (excluding diaryl/α,β-unsaturated/α-hetero) is 1. The number of nitrogens with one attached hydrogen (secondary N) is 1. The number of carbonyl (C=O) groups excluding carboxylic acids is 2. The van der Waals surface area contributed by atoms with Crippen LogP contribution in [-0.4, -0.2) is 51.2 Å². The number of rotatable bonds is 9. The van der Waals surface area contributed by atoms with Crippen LogP contribution >= 0.6 is 11.8 Å². The second-order valence-electron chi connectivity index (χ2n) is 7.52. The molecule has 3 rings (SSSR count). The molecule has 0 spiro atoms. The summed E-state index contributed by atoms with van der Waals surface area (Å²) in [6.45, 7) is 4.22. The first-order chi connectivity index (χ1) is 15.5. The standard InChI is InChI=1S/C24H31NO6S/c1-6-32-13-12-31-24(27)19-14(2)25-16-8-7-9-17(26)21(16)20(19)15-10-11-18(28-3)23(30-5)22(15)29-4/h10-11,20,25H,6-9,12-13H2,1-5H3/t20-/m1/s1. The molecule has 0 saturated heterocycles. The molecule has 0 bridgehead atoms. The van der Waals surface area contributed by atoms with Gasteiger partial charge >= 0.3 is 5.97 Å². The molecule has 1 heterocycles. The maximum atomic E-state index is 13.3. The zero-order valence-corrected chi connectivity index (χ0v) is 20.1. The Kier molecular flexibility index (Phi) is 8.12. The molecule has 7 nitrogen and oxygen atoms in total. The molecule has 8 heteroatoms. The second-order valence-corrected chi connectivity index (χ2v) is 8.92. The van der Waals surface area contributed by atoms with Crippen molar-refractivity contribution in [1.29, 1.82) is 0 Å². The maximum absolute atomic E-state index is 13.3. The summed E-state index contributed by atoms with van der Waals surface area (Å²) in [5.41, 5.74) is 3.24. The van der Waals surface area contributed by atoms with Crippen molar-refractivity contribution in [1.82, 2.24) is 5.32 Å². The normalized spacial score (nSPS) is 18.2. The van der Waals surface area contributed by atoms with Crippen molar-refractivity contribution in [3.05, 3.63) is 40.2 Å². The average molecular weight is 462 g/mol. The number of methoxy groups -OCH3 is 3. The van der Waals surface area contributed by atoms with Gasteiger partial charge in [0.05, 0.1) is 32.8 Å². The zero-order valence-electron chi connectivity index (χ0n) is 19.3. The van der Waals surface area contributed by atoms with Gasteiger partial charge in [-0.15, -0.1) is 0 Å². The molecule has 0 amide bonds. The van der Waals surface area contributed by atoms with Crippen LogP contribution in [0.2, 0.25) is 0 Å². The van der Waals surface area contributed by atoms with E-state index in [2.05, 4.69) is 12.2 Å². The Hall–Kier alpha value is -2.61. The third-order valence-corrected chi connectivity index (χ3v) is 6.57. The number of carbonyl (C=O) groups is 2. The third-order valence-electron chi connectivity index (χ3n) is 5.71. The van der Waals surface area contributed by atoms with Crippen LogP contribution in [0.5, 0.6) is 17.2 Å². The summed E-state index contributed by atoms with van der Waals surface area (Å²) in [6.07, 6.45) is 1.98. The van der Waals surface area contributed by atoms with E-state index in [9.17, 15) is 9.59 Å². The quantitative estimate of drug-likeness (QED) is 0.437. The first-order valence-electron chi connectivity index (χ1n) is 10.8. The van der Waals surface area contributed by atoms with E-state index >= 15 is 0 Å². The molecule has 1 aromatic carbocycles. The summed E-state index contributed by atoms with van der Waals surface area (Å²) in [4.78, 5) is 26.3. The second kappa shape index (κ2) is 10.8. The number of ether oxygens (including phenoxy) is 4. The van der Waals surface area contributed by atoms with Gasteiger partial charge in [0.15, 0.2) is 17.3 Å². The lowest BCUT2D eigenvalue weighted by molar-refractivity contribution is -0.138. The topological polar surface area (TPSA) is 83.1 Å². The Morgan fingerprint density at radius 2 is 1.88 bits per heavy atom. The van der Waals surface area contributed by atoms with Gasteiger partial charge in [-0.1, -0.05) is 13.0 Å². The Bertz CT molecular complexity index is 952. The van der Waals surface area contributed by atoms with Crippen LogP contribution < -0.4 is 19.5 Å². The molecular formula is C24H31NO6S. The average Bonchev–Trinajstić information content (AvgIpc) is 2.79. The minimum Gasteiger partial charge on any atom is -0.493 e. The summed E-state index contributed by atoms with van der Waals surface area (Å²) < 4.78 is 22.3. The number of dihydropyridines is 1. The molecule has 1 atom stereocenters. The molecule has 0 fully saturated rings. The molecule has 0 aromatic heterocycles. The summed E-state index contributed by atoms with van der Waals surface area (Å²) in [6, 6.07) is 3.60. The molecule has 2 aliphatic rings. The van der Waals surface area contributed by atoms with E-state index in [1.807, 2.05) is 13.0 Å². The molecule has 0 unspecified atom stereocenters. The fourth-order valence-electron chi connectivity index (χ4n) is 4.33. The van der Waals surface area contributed by atoms with Gasteiger partial charge in [0.1, 0.15) is 6.61 Å². The Morgan fingerprint density at radius 3 is 2.53 bits per heavy atom. The monoisotopic (exact) mass is 461 g/mol. The predicted molar refractivity (Wildman–Crippen MR) is 125 cm³/mol. The van der Waals surface area contributed by atoms with E-state index in [-0.39, 0.29) is 5.78 Å². The number of benzene rings is 1. The van der Waals surface area contributed by atoms with Crippen molar-refractivity contribution in [2.45, 2.75) is 39.0 Å². The van der Waals surface area contributed by atoms with Crippen molar-refractivity contribution in [2.75, 3.05) is 39.4 Å². The summed E-state index contributed by atoms with van der Waals surface area (Å²) in [5.74, 6) is 2.02. The van der Waals surface area contributed by atoms with Gasteiger partial charge in [-0.2, -0.15) is 11.8 Å². The smallest absolute Gasteiger partial charge is 0.336 e. The molecule has 1 aliphatic heterocycles. The SMILES string of the molecule is CCSCCOC(=O)C1=C(C)NC2=C(C(=O)CCC2)[C@@H]1c1ccc(OC)c(OC)c1OC. The van der Waals surface area contributed by atoms with Gasteiger partial charge in [0, 0.05) is 34.7 Å². The molecule has 0 saturated carbocycles. The lowest BCUT2D eigenvalue weighted by Crippen LogP contribution is -2.34. The molecule has 174 valence electrons. The molecule has 1 N–H and O–H groups in total. The van der Waals surface area contributed by atoms with E-state index in [0.717, 1.165) is 30.0 Å². The highest BCUT2D eigenvalue weighted by Crippen LogP contribution is 2.50. The van der Waals surface area contributed by atoms with Gasteiger partial charge < -0.3 is 24.3 Å². The van der Waals surface area contributed by atoms with Gasteiger partial charge in [-0.25, -0.2) is 4.79 Å². The number of hydrogen-bond donors (Lipinski definition) is 1. The van der Waals surface area contributed by atoms with Crippen molar-refractivity contribution >= 4 is 23.5 Å². The van der Waals surface area contributed by atoms with Crippen LogP contribution in [0.15, 0.2) is 34.7 Å². The van der Waals surface area contributed by atoms with Gasteiger partial charge in [0.25, 0.3) is 0 Å². The number of ketones is 1. The number of esters is 1. The Morgan fingerprint density at radius 1 is 1.12 bits per heavy atom. The van der Waals surface area contributed by atoms with E-state index < -0.39 is 11.9 Å². The predicted octanol–water partition coefficient (Wildman–Crippen LogP) is 3.98. The third kappa shape index (κ3) is 4.60. The molecule has 0 radical (unpaired) electrons. The van der Waals surface area contributed by atoms with Crippen molar-refractivity contribution < 1.29 is 28.5 Å². The number of allylic oxidation sites excluding steroid dienone is 3. The van der Waals surface area contributed by atoms with Crippen molar-refractivity contribution in [2.24, 2.45) is 0 Å². The van der Waals surface area contributed by atoms with Crippen LogP contribution in [0.1, 0.15) is 44.6 Å². The molecule has 32 heavy (non-hydrogen) atoms. The minimum atomic E-state index is -0.611. The van der Waals surface area contributed by atoms with Crippen LogP contribution in [-0.2, 0) is 14.3 Å². The maximum Gasteiger partial charge on any atom is 0.336 e. The fourth-order valence-corrected chi connectivity index (χ4v) is 4.82. The van der Waals surface area contributed by atoms with E-state index in [1.165, 1.54) is 14.2 Å². The molecule has 1 aliphatic carbocycles. The van der Waals surface area contributed by atoms with Crippen LogP contribution in [0.3, 0.4) is 0 Å². The van der Waals surface area contributed by atoms with E-state index in [4.69, 9.17) is 18.9 Å². The van der Waals surface area contributed by atoms with E-state index in [1.54, 1.807) is 24.9 Å². The fraction of sp³-hybridized carbons (Fsp3) is 0.500. The Labute approximate surface area is 193 Å². The molecular weight excluding hydrogens is 430 g/mol. The summed E-state index contributed by atoms with van der Waals surface area (Å²) >= 11 is 1.71. The number of hydrogen-bond acceptors (Lipinski definition) is 8. The minimum absolute atomic E-state index is 0.0277. The van der Waals surface area contributed by atoms with Crippen molar-refractivity contribution in [3.63, 3.8) is 0 Å². The van der Waals surface area contributed by atoms with Crippen LogP contribution in [0, 0.1) is 0 Å². The Balaban J connectivity index is 2.14. The largest absolute Gasteiger partial charge is 0.493 e. The van der Waals surface area contributed by atoms with Crippen LogP contribution in [0.25, 0.3) is 0 Å². The molecule has 1 aromatic rings.